The first-order chi connectivity index (χ1) is 17.7. The molecule has 0 aromatic heterocycles. The van der Waals surface area contributed by atoms with Crippen LogP contribution < -0.4 is 25.5 Å². The van der Waals surface area contributed by atoms with Crippen LogP contribution in [-0.2, 0) is 14.4 Å². The van der Waals surface area contributed by atoms with Crippen molar-refractivity contribution in [1.29, 1.82) is 0 Å². The largest absolute Gasteiger partial charge is 0.493 e. The summed E-state index contributed by atoms with van der Waals surface area (Å²) in [7, 11) is 1.44. The van der Waals surface area contributed by atoms with Crippen molar-refractivity contribution in [1.82, 2.24) is 5.43 Å². The second kappa shape index (κ2) is 12.6. The average Bonchev–Trinajstić information content (AvgIpc) is 2.86. The van der Waals surface area contributed by atoms with Crippen LogP contribution in [0, 0.1) is 19.7 Å². The standard InChI is InChI=1S/C26H24BrFN4O5/c1-15-10-18(27)11-16(2)24(15)31-23(33)14-37-21-9-4-17(12-22(21)36-3)13-29-32-26(35)25(34)30-20-7-5-19(28)6-8-20/h4-13H,14H2,1-3H3,(H,30,34)(H,31,33)(H,32,35)/b29-13-. The van der Waals surface area contributed by atoms with Gasteiger partial charge in [0, 0.05) is 15.8 Å². The van der Waals surface area contributed by atoms with Crippen molar-refractivity contribution in [2.75, 3.05) is 24.4 Å². The zero-order valence-corrected chi connectivity index (χ0v) is 21.8. The number of benzene rings is 3. The maximum Gasteiger partial charge on any atom is 0.329 e. The van der Waals surface area contributed by atoms with E-state index in [1.165, 1.54) is 25.5 Å². The molecular weight excluding hydrogens is 547 g/mol. The normalized spacial score (nSPS) is 10.6. The second-order valence-electron chi connectivity index (χ2n) is 7.82. The number of hydrogen-bond acceptors (Lipinski definition) is 6. The van der Waals surface area contributed by atoms with Crippen LogP contribution in [0.3, 0.4) is 0 Å². The molecule has 0 saturated heterocycles. The quantitative estimate of drug-likeness (QED) is 0.212. The second-order valence-corrected chi connectivity index (χ2v) is 8.74. The van der Waals surface area contributed by atoms with Gasteiger partial charge in [-0.2, -0.15) is 5.10 Å². The third kappa shape index (κ3) is 7.87. The highest BCUT2D eigenvalue weighted by Crippen LogP contribution is 2.28. The maximum atomic E-state index is 12.9. The Kier molecular flexibility index (Phi) is 9.33. The Hall–Kier alpha value is -4.25. The van der Waals surface area contributed by atoms with E-state index in [-0.39, 0.29) is 18.2 Å². The number of hydrogen-bond donors (Lipinski definition) is 3. The third-order valence-corrected chi connectivity index (χ3v) is 5.45. The predicted molar refractivity (Wildman–Crippen MR) is 142 cm³/mol. The summed E-state index contributed by atoms with van der Waals surface area (Å²) < 4.78 is 24.8. The van der Waals surface area contributed by atoms with E-state index in [0.29, 0.717) is 17.1 Å². The molecule has 3 rings (SSSR count). The van der Waals surface area contributed by atoms with Gasteiger partial charge in [-0.25, -0.2) is 9.82 Å². The monoisotopic (exact) mass is 570 g/mol. The van der Waals surface area contributed by atoms with E-state index < -0.39 is 17.6 Å². The number of ether oxygens (including phenoxy) is 2. The zero-order valence-electron chi connectivity index (χ0n) is 20.2. The highest BCUT2D eigenvalue weighted by Gasteiger charge is 2.14. The van der Waals surface area contributed by atoms with Crippen LogP contribution in [0.2, 0.25) is 0 Å². The summed E-state index contributed by atoms with van der Waals surface area (Å²) >= 11 is 3.43. The van der Waals surface area contributed by atoms with Crippen LogP contribution in [-0.4, -0.2) is 37.7 Å². The number of amides is 3. The first-order valence-electron chi connectivity index (χ1n) is 10.9. The smallest absolute Gasteiger partial charge is 0.329 e. The Morgan fingerprint density at radius 1 is 0.946 bits per heavy atom. The minimum absolute atomic E-state index is 0.238. The average molecular weight is 571 g/mol. The molecule has 0 radical (unpaired) electrons. The molecule has 0 aliphatic rings. The summed E-state index contributed by atoms with van der Waals surface area (Å²) in [6, 6.07) is 13.6. The van der Waals surface area contributed by atoms with E-state index in [1.807, 2.05) is 26.0 Å². The number of aryl methyl sites for hydroxylation is 2. The highest BCUT2D eigenvalue weighted by molar-refractivity contribution is 9.10. The molecule has 3 N–H and O–H groups in total. The van der Waals surface area contributed by atoms with E-state index >= 15 is 0 Å². The topological polar surface area (TPSA) is 118 Å². The van der Waals surface area contributed by atoms with Gasteiger partial charge in [0.05, 0.1) is 13.3 Å². The first-order valence-corrected chi connectivity index (χ1v) is 11.7. The summed E-state index contributed by atoms with van der Waals surface area (Å²) in [5.74, 6) is -2.09. The van der Waals surface area contributed by atoms with Crippen LogP contribution in [0.1, 0.15) is 16.7 Å². The van der Waals surface area contributed by atoms with Crippen LogP contribution in [0.5, 0.6) is 11.5 Å². The lowest BCUT2D eigenvalue weighted by Gasteiger charge is -2.14. The summed E-state index contributed by atoms with van der Waals surface area (Å²) in [6.45, 7) is 3.56. The van der Waals surface area contributed by atoms with Gasteiger partial charge in [0.25, 0.3) is 5.91 Å². The molecule has 0 bridgehead atoms. The minimum Gasteiger partial charge on any atom is -0.493 e. The Bertz CT molecular complexity index is 1320. The predicted octanol–water partition coefficient (Wildman–Crippen LogP) is 4.32. The number of methoxy groups -OCH3 is 1. The Morgan fingerprint density at radius 3 is 2.27 bits per heavy atom. The summed E-state index contributed by atoms with van der Waals surface area (Å²) in [4.78, 5) is 36.3. The number of hydrazone groups is 1. The lowest BCUT2D eigenvalue weighted by Crippen LogP contribution is -2.32. The van der Waals surface area contributed by atoms with Crippen molar-refractivity contribution in [3.8, 4) is 11.5 Å². The van der Waals surface area contributed by atoms with Crippen LogP contribution >= 0.6 is 15.9 Å². The zero-order chi connectivity index (χ0) is 26.9. The van der Waals surface area contributed by atoms with E-state index in [2.05, 4.69) is 37.1 Å². The highest BCUT2D eigenvalue weighted by atomic mass is 79.9. The molecule has 192 valence electrons. The van der Waals surface area contributed by atoms with Gasteiger partial charge in [-0.1, -0.05) is 15.9 Å². The van der Waals surface area contributed by atoms with Gasteiger partial charge in [0.15, 0.2) is 18.1 Å². The van der Waals surface area contributed by atoms with Gasteiger partial charge in [0.1, 0.15) is 5.82 Å². The minimum atomic E-state index is -1.00. The Labute approximate surface area is 221 Å². The van der Waals surface area contributed by atoms with Crippen molar-refractivity contribution in [3.63, 3.8) is 0 Å². The molecule has 0 unspecified atom stereocenters. The number of anilines is 2. The molecule has 37 heavy (non-hydrogen) atoms. The molecule has 11 heteroatoms. The van der Waals surface area contributed by atoms with Gasteiger partial charge in [0.2, 0.25) is 0 Å². The molecular formula is C26H24BrFN4O5. The summed E-state index contributed by atoms with van der Waals surface area (Å²) in [6.07, 6.45) is 1.31. The van der Waals surface area contributed by atoms with Gasteiger partial charge in [-0.3, -0.25) is 14.4 Å². The Morgan fingerprint density at radius 2 is 1.62 bits per heavy atom. The van der Waals surface area contributed by atoms with Gasteiger partial charge >= 0.3 is 11.8 Å². The van der Waals surface area contributed by atoms with Gasteiger partial charge < -0.3 is 20.1 Å². The fourth-order valence-electron chi connectivity index (χ4n) is 3.25. The van der Waals surface area contributed by atoms with Gasteiger partial charge in [-0.15, -0.1) is 0 Å². The molecule has 0 heterocycles. The van der Waals surface area contributed by atoms with Crippen LogP contribution in [0.4, 0.5) is 15.8 Å². The molecule has 0 aliphatic carbocycles. The summed E-state index contributed by atoms with van der Waals surface area (Å²) in [5, 5.41) is 8.94. The molecule has 0 fully saturated rings. The van der Waals surface area contributed by atoms with Crippen molar-refractivity contribution in [3.05, 3.63) is 81.6 Å². The van der Waals surface area contributed by atoms with Crippen LogP contribution in [0.25, 0.3) is 0 Å². The number of nitrogens with zero attached hydrogens (tertiary/aromatic N) is 1. The summed E-state index contributed by atoms with van der Waals surface area (Å²) in [5.41, 5.74) is 5.47. The molecule has 0 aliphatic heterocycles. The van der Waals surface area contributed by atoms with Crippen molar-refractivity contribution >= 4 is 51.2 Å². The molecule has 0 atom stereocenters. The molecule has 0 saturated carbocycles. The lowest BCUT2D eigenvalue weighted by atomic mass is 10.1. The van der Waals surface area contributed by atoms with Crippen molar-refractivity contribution < 1.29 is 28.2 Å². The molecule has 3 amide bonds. The Balaban J connectivity index is 1.54. The number of halogens is 2. The fraction of sp³-hybridized carbons (Fsp3) is 0.154. The van der Waals surface area contributed by atoms with Crippen molar-refractivity contribution in [2.24, 2.45) is 5.10 Å². The van der Waals surface area contributed by atoms with E-state index in [0.717, 1.165) is 33.4 Å². The molecule has 3 aromatic rings. The number of nitrogens with one attached hydrogen (secondary N) is 3. The molecule has 0 spiro atoms. The van der Waals surface area contributed by atoms with E-state index in [9.17, 15) is 18.8 Å². The third-order valence-electron chi connectivity index (χ3n) is 5.00. The number of carbonyl (C=O) groups excluding carboxylic acids is 3. The van der Waals surface area contributed by atoms with Gasteiger partial charge in [-0.05, 0) is 85.1 Å². The molecule has 9 nitrogen and oxygen atoms in total. The lowest BCUT2D eigenvalue weighted by molar-refractivity contribution is -0.136. The SMILES string of the molecule is COc1cc(/C=N\NC(=O)C(=O)Nc2ccc(F)cc2)ccc1OCC(=O)Nc1c(C)cc(Br)cc1C. The van der Waals surface area contributed by atoms with Crippen LogP contribution in [0.15, 0.2) is 64.2 Å². The number of carbonyl (C=O) groups is 3. The fourth-order valence-corrected chi connectivity index (χ4v) is 3.93. The first kappa shape index (κ1) is 27.3. The van der Waals surface area contributed by atoms with E-state index in [1.54, 1.807) is 18.2 Å². The maximum absolute atomic E-state index is 12.9. The van der Waals surface area contributed by atoms with Crippen molar-refractivity contribution in [2.45, 2.75) is 13.8 Å². The molecule has 3 aromatic carbocycles. The van der Waals surface area contributed by atoms with E-state index in [4.69, 9.17) is 9.47 Å². The number of rotatable bonds is 8.